The summed E-state index contributed by atoms with van der Waals surface area (Å²) in [5, 5.41) is 8.41. The van der Waals surface area contributed by atoms with Gasteiger partial charge >= 0.3 is 0 Å². The quantitative estimate of drug-likeness (QED) is 0.314. The van der Waals surface area contributed by atoms with E-state index >= 15 is 0 Å². The van der Waals surface area contributed by atoms with Crippen LogP contribution >= 0.6 is 0 Å². The van der Waals surface area contributed by atoms with Crippen LogP contribution in [0.1, 0.15) is 31.4 Å². The van der Waals surface area contributed by atoms with Crippen molar-refractivity contribution in [2.45, 2.75) is 31.7 Å². The second kappa shape index (κ2) is 12.1. The molecule has 3 N–H and O–H groups in total. The van der Waals surface area contributed by atoms with E-state index in [1.807, 2.05) is 12.1 Å². The molecule has 3 aromatic heterocycles. The molecule has 2 aliphatic rings. The molecule has 1 aliphatic carbocycles. The maximum absolute atomic E-state index is 6.23. The fourth-order valence-electron chi connectivity index (χ4n) is 5.68. The van der Waals surface area contributed by atoms with Crippen LogP contribution in [-0.4, -0.2) is 92.5 Å². The van der Waals surface area contributed by atoms with Gasteiger partial charge in [0.15, 0.2) is 17.3 Å². The first-order chi connectivity index (χ1) is 20.1. The van der Waals surface area contributed by atoms with Gasteiger partial charge in [0.1, 0.15) is 6.33 Å². The number of pyridine rings is 1. The average molecular weight is 557 g/mol. The third-order valence-corrected chi connectivity index (χ3v) is 7.90. The van der Waals surface area contributed by atoms with Gasteiger partial charge in [-0.15, -0.1) is 5.10 Å². The van der Waals surface area contributed by atoms with Crippen molar-refractivity contribution in [2.75, 3.05) is 58.0 Å². The van der Waals surface area contributed by atoms with Crippen molar-refractivity contribution in [3.05, 3.63) is 48.6 Å². The standard InChI is InChI=1S/C29H36N10O2/c1-40-25-16-23-24(17-26(25)41-2)32-19-33-27(23)39-28(30)35-29(36-39)34-21-10-9-20(31-18-21)6-5-11-37-12-14-38(15-13-37)22-7-3-4-8-22/h5-6,9-10,16-19,22H,3-4,7-8,11-15H2,1-2H3,(H3,30,34,35,36). The van der Waals surface area contributed by atoms with E-state index < -0.39 is 0 Å². The molecule has 0 bridgehead atoms. The number of nitrogen functional groups attached to an aromatic ring is 1. The second-order valence-corrected chi connectivity index (χ2v) is 10.4. The summed E-state index contributed by atoms with van der Waals surface area (Å²) in [4.78, 5) is 22.9. The number of aromatic nitrogens is 6. The lowest BCUT2D eigenvalue weighted by Gasteiger charge is -2.37. The second-order valence-electron chi connectivity index (χ2n) is 10.4. The van der Waals surface area contributed by atoms with Crippen LogP contribution in [-0.2, 0) is 0 Å². The number of rotatable bonds is 9. The Balaban J connectivity index is 1.08. The highest BCUT2D eigenvalue weighted by molar-refractivity contribution is 5.88. The molecule has 12 nitrogen and oxygen atoms in total. The maximum Gasteiger partial charge on any atom is 0.248 e. The topological polar surface area (TPSA) is 132 Å². The number of nitrogens with two attached hydrogens (primary N) is 1. The number of methoxy groups -OCH3 is 2. The molecule has 1 aliphatic heterocycles. The average Bonchev–Trinajstić information content (AvgIpc) is 3.67. The summed E-state index contributed by atoms with van der Waals surface area (Å²) in [6.45, 7) is 5.57. The van der Waals surface area contributed by atoms with Crippen molar-refractivity contribution in [3.63, 3.8) is 0 Å². The molecule has 4 heterocycles. The number of anilines is 3. The van der Waals surface area contributed by atoms with Gasteiger partial charge in [0.05, 0.1) is 37.3 Å². The molecule has 4 aromatic rings. The summed E-state index contributed by atoms with van der Waals surface area (Å²) in [7, 11) is 3.16. The van der Waals surface area contributed by atoms with Crippen molar-refractivity contribution in [1.29, 1.82) is 0 Å². The predicted octanol–water partition coefficient (Wildman–Crippen LogP) is 3.52. The molecule has 214 valence electrons. The third-order valence-electron chi connectivity index (χ3n) is 7.90. The van der Waals surface area contributed by atoms with Crippen LogP contribution < -0.4 is 20.5 Å². The van der Waals surface area contributed by atoms with Crippen LogP contribution in [0, 0.1) is 0 Å². The lowest BCUT2D eigenvalue weighted by atomic mass is 10.2. The number of piperazine rings is 1. The van der Waals surface area contributed by atoms with Crippen molar-refractivity contribution in [2.24, 2.45) is 0 Å². The zero-order chi connectivity index (χ0) is 28.2. The number of nitrogens with zero attached hydrogens (tertiary/aromatic N) is 8. The summed E-state index contributed by atoms with van der Waals surface area (Å²) in [5.74, 6) is 2.11. The molecule has 0 radical (unpaired) electrons. The lowest BCUT2D eigenvalue weighted by Crippen LogP contribution is -2.49. The maximum atomic E-state index is 6.23. The molecule has 12 heteroatoms. The van der Waals surface area contributed by atoms with Crippen LogP contribution in [0.4, 0.5) is 17.6 Å². The van der Waals surface area contributed by atoms with Gasteiger partial charge in [-0.2, -0.15) is 9.67 Å². The lowest BCUT2D eigenvalue weighted by molar-refractivity contribution is 0.105. The van der Waals surface area contributed by atoms with Gasteiger partial charge in [0.25, 0.3) is 0 Å². The molecule has 1 aromatic carbocycles. The van der Waals surface area contributed by atoms with Gasteiger partial charge in [0.2, 0.25) is 11.9 Å². The highest BCUT2D eigenvalue weighted by atomic mass is 16.5. The van der Waals surface area contributed by atoms with E-state index in [0.717, 1.165) is 37.1 Å². The molecule has 6 rings (SSSR count). The minimum Gasteiger partial charge on any atom is -0.493 e. The van der Waals surface area contributed by atoms with Gasteiger partial charge in [-0.25, -0.2) is 9.97 Å². The smallest absolute Gasteiger partial charge is 0.248 e. The minimum absolute atomic E-state index is 0.180. The van der Waals surface area contributed by atoms with E-state index in [1.165, 1.54) is 49.8 Å². The number of ether oxygens (including phenoxy) is 2. The molecule has 0 atom stereocenters. The molecule has 0 amide bonds. The largest absolute Gasteiger partial charge is 0.493 e. The van der Waals surface area contributed by atoms with E-state index in [0.29, 0.717) is 34.2 Å². The Morgan fingerprint density at radius 3 is 2.51 bits per heavy atom. The first-order valence-electron chi connectivity index (χ1n) is 14.1. The Morgan fingerprint density at radius 2 is 1.78 bits per heavy atom. The highest BCUT2D eigenvalue weighted by Crippen LogP contribution is 2.33. The van der Waals surface area contributed by atoms with Gasteiger partial charge < -0.3 is 20.5 Å². The van der Waals surface area contributed by atoms with Gasteiger partial charge in [0, 0.05) is 50.2 Å². The number of nitrogens with one attached hydrogen (secondary N) is 1. The molecule has 1 saturated heterocycles. The Morgan fingerprint density at radius 1 is 1.00 bits per heavy atom. The van der Waals surface area contributed by atoms with E-state index in [9.17, 15) is 0 Å². The Kier molecular flexibility index (Phi) is 7.92. The molecular weight excluding hydrogens is 520 g/mol. The molecule has 0 unspecified atom stereocenters. The number of fused-ring (bicyclic) bond motifs is 1. The summed E-state index contributed by atoms with van der Waals surface area (Å²) in [5.41, 5.74) is 8.54. The van der Waals surface area contributed by atoms with Crippen LogP contribution in [0.3, 0.4) is 0 Å². The van der Waals surface area contributed by atoms with E-state index in [2.05, 4.69) is 52.3 Å². The van der Waals surface area contributed by atoms with Crippen LogP contribution in [0.25, 0.3) is 22.8 Å². The molecule has 0 spiro atoms. The first-order valence-corrected chi connectivity index (χ1v) is 14.1. The third kappa shape index (κ3) is 5.93. The van der Waals surface area contributed by atoms with Crippen LogP contribution in [0.2, 0.25) is 0 Å². The Hall–Kier alpha value is -4.29. The molecule has 2 fully saturated rings. The normalized spacial score (nSPS) is 17.0. The summed E-state index contributed by atoms with van der Waals surface area (Å²) in [6.07, 6.45) is 13.0. The fraction of sp³-hybridized carbons (Fsp3) is 0.414. The monoisotopic (exact) mass is 556 g/mol. The number of hydrogen-bond donors (Lipinski definition) is 2. The van der Waals surface area contributed by atoms with E-state index in [-0.39, 0.29) is 5.95 Å². The van der Waals surface area contributed by atoms with Crippen molar-refractivity contribution in [1.82, 2.24) is 39.5 Å². The van der Waals surface area contributed by atoms with Crippen molar-refractivity contribution >= 4 is 34.6 Å². The number of hydrogen-bond acceptors (Lipinski definition) is 11. The van der Waals surface area contributed by atoms with Gasteiger partial charge in [-0.3, -0.25) is 14.8 Å². The van der Waals surface area contributed by atoms with Gasteiger partial charge in [-0.1, -0.05) is 18.9 Å². The molecule has 41 heavy (non-hydrogen) atoms. The zero-order valence-electron chi connectivity index (χ0n) is 23.5. The first kappa shape index (κ1) is 26.9. The van der Waals surface area contributed by atoms with Gasteiger partial charge in [-0.05, 0) is 37.1 Å². The molecular formula is C29H36N10O2. The number of benzene rings is 1. The van der Waals surface area contributed by atoms with Crippen molar-refractivity contribution in [3.8, 4) is 17.3 Å². The zero-order valence-corrected chi connectivity index (χ0v) is 23.5. The highest BCUT2D eigenvalue weighted by Gasteiger charge is 2.25. The fourth-order valence-corrected chi connectivity index (χ4v) is 5.68. The predicted molar refractivity (Wildman–Crippen MR) is 159 cm³/mol. The summed E-state index contributed by atoms with van der Waals surface area (Å²) >= 11 is 0. The summed E-state index contributed by atoms with van der Waals surface area (Å²) < 4.78 is 12.3. The SMILES string of the molecule is COc1cc2ncnc(-n3nc(Nc4ccc(C=CCN5CCN(C6CCCC6)CC5)nc4)nc3N)c2cc1OC. The van der Waals surface area contributed by atoms with E-state index in [1.54, 1.807) is 32.5 Å². The Labute approximate surface area is 239 Å². The van der Waals surface area contributed by atoms with Crippen molar-refractivity contribution < 1.29 is 9.47 Å². The van der Waals surface area contributed by atoms with Crippen LogP contribution in [0.5, 0.6) is 11.5 Å². The molecule has 1 saturated carbocycles. The van der Waals surface area contributed by atoms with Crippen LogP contribution in [0.15, 0.2) is 42.9 Å². The minimum atomic E-state index is 0.180. The summed E-state index contributed by atoms with van der Waals surface area (Å²) in [6, 6.07) is 8.32. The Bertz CT molecular complexity index is 1510. The van der Waals surface area contributed by atoms with E-state index in [4.69, 9.17) is 15.2 Å².